The molecule has 21 heavy (non-hydrogen) atoms. The van der Waals surface area contributed by atoms with Crippen LogP contribution in [0, 0.1) is 12.7 Å². The zero-order valence-corrected chi connectivity index (χ0v) is 13.3. The van der Waals surface area contributed by atoms with Crippen molar-refractivity contribution in [2.75, 3.05) is 18.0 Å². The Balaban J connectivity index is 1.86. The van der Waals surface area contributed by atoms with E-state index in [0.717, 1.165) is 30.8 Å². The van der Waals surface area contributed by atoms with Gasteiger partial charge in [0.15, 0.2) is 0 Å². The van der Waals surface area contributed by atoms with Crippen molar-refractivity contribution >= 4 is 5.69 Å². The van der Waals surface area contributed by atoms with E-state index < -0.39 is 0 Å². The Bertz CT molecular complexity index is 494. The number of rotatable bonds is 2. The zero-order chi connectivity index (χ0) is 14.9. The van der Waals surface area contributed by atoms with Gasteiger partial charge >= 0.3 is 0 Å². The summed E-state index contributed by atoms with van der Waals surface area (Å²) in [5.41, 5.74) is 2.04. The molecule has 1 N–H and O–H groups in total. The molecule has 2 aliphatic rings. The second-order valence-electron chi connectivity index (χ2n) is 6.85. The van der Waals surface area contributed by atoms with Crippen LogP contribution in [0.2, 0.25) is 0 Å². The molecule has 1 aliphatic heterocycles. The summed E-state index contributed by atoms with van der Waals surface area (Å²) in [5, 5.41) is 3.83. The molecular formula is C18H27FN2. The molecule has 1 spiro atoms. The summed E-state index contributed by atoms with van der Waals surface area (Å²) in [6.07, 6.45) is 7.61. The molecule has 1 saturated heterocycles. The molecule has 0 aromatic heterocycles. The molecular weight excluding hydrogens is 263 g/mol. The molecule has 2 nitrogen and oxygen atoms in total. The molecule has 1 aromatic rings. The summed E-state index contributed by atoms with van der Waals surface area (Å²) >= 11 is 0. The van der Waals surface area contributed by atoms with Gasteiger partial charge in [-0.1, -0.05) is 32.3 Å². The lowest BCUT2D eigenvalue weighted by Crippen LogP contribution is -2.65. The minimum Gasteiger partial charge on any atom is -0.365 e. The maximum absolute atomic E-state index is 14.0. The summed E-state index contributed by atoms with van der Waals surface area (Å²) in [6, 6.07) is 6.19. The molecule has 1 saturated carbocycles. The quantitative estimate of drug-likeness (QED) is 0.885. The normalized spacial score (nSPS) is 25.3. The van der Waals surface area contributed by atoms with E-state index in [4.69, 9.17) is 0 Å². The number of benzene rings is 1. The summed E-state index contributed by atoms with van der Waals surface area (Å²) in [5.74, 6) is -0.0846. The fourth-order valence-electron chi connectivity index (χ4n) is 3.95. The molecule has 3 rings (SSSR count). The van der Waals surface area contributed by atoms with Crippen molar-refractivity contribution in [1.82, 2.24) is 5.32 Å². The van der Waals surface area contributed by atoms with Crippen molar-refractivity contribution in [3.8, 4) is 0 Å². The third-order valence-electron chi connectivity index (χ3n) is 5.40. The standard InChI is InChI=1S/C18H27FN2/c1-3-15-12-20-18(9-5-4-6-10-18)13-21(15)16-8-7-14(2)17(19)11-16/h7-8,11,15,20H,3-6,9-10,12-13H2,1-2H3. The van der Waals surface area contributed by atoms with Crippen LogP contribution in [-0.4, -0.2) is 24.7 Å². The van der Waals surface area contributed by atoms with Gasteiger partial charge < -0.3 is 10.2 Å². The van der Waals surface area contributed by atoms with Gasteiger partial charge in [0.2, 0.25) is 0 Å². The van der Waals surface area contributed by atoms with Crippen molar-refractivity contribution in [1.29, 1.82) is 0 Å². The molecule has 1 heterocycles. The van der Waals surface area contributed by atoms with E-state index in [1.165, 1.54) is 32.1 Å². The summed E-state index contributed by atoms with van der Waals surface area (Å²) in [4.78, 5) is 2.45. The molecule has 2 fully saturated rings. The molecule has 1 aromatic carbocycles. The third kappa shape index (κ3) is 2.94. The first-order valence-corrected chi connectivity index (χ1v) is 8.41. The topological polar surface area (TPSA) is 15.3 Å². The third-order valence-corrected chi connectivity index (χ3v) is 5.40. The minimum absolute atomic E-state index is 0.0846. The summed E-state index contributed by atoms with van der Waals surface area (Å²) in [6.45, 7) is 6.10. The van der Waals surface area contributed by atoms with Crippen LogP contribution in [0.3, 0.4) is 0 Å². The Kier molecular flexibility index (Phi) is 4.21. The van der Waals surface area contributed by atoms with E-state index in [0.29, 0.717) is 6.04 Å². The molecule has 0 amide bonds. The number of halogens is 1. The first kappa shape index (κ1) is 14.8. The summed E-state index contributed by atoms with van der Waals surface area (Å²) < 4.78 is 14.0. The molecule has 116 valence electrons. The van der Waals surface area contributed by atoms with Crippen LogP contribution in [0.1, 0.15) is 51.0 Å². The van der Waals surface area contributed by atoms with Gasteiger partial charge in [-0.2, -0.15) is 0 Å². The number of hydrogen-bond acceptors (Lipinski definition) is 2. The van der Waals surface area contributed by atoms with Crippen molar-refractivity contribution in [2.45, 2.75) is 64.0 Å². The average Bonchev–Trinajstić information content (AvgIpc) is 2.51. The van der Waals surface area contributed by atoms with Gasteiger partial charge in [-0.15, -0.1) is 0 Å². The zero-order valence-electron chi connectivity index (χ0n) is 13.3. The smallest absolute Gasteiger partial charge is 0.128 e. The lowest BCUT2D eigenvalue weighted by molar-refractivity contribution is 0.196. The Morgan fingerprint density at radius 1 is 1.29 bits per heavy atom. The maximum atomic E-state index is 14.0. The van der Waals surface area contributed by atoms with Gasteiger partial charge in [-0.3, -0.25) is 0 Å². The molecule has 0 bridgehead atoms. The highest BCUT2D eigenvalue weighted by Crippen LogP contribution is 2.34. The highest BCUT2D eigenvalue weighted by Gasteiger charge is 2.39. The first-order valence-electron chi connectivity index (χ1n) is 8.41. The highest BCUT2D eigenvalue weighted by molar-refractivity contribution is 5.50. The monoisotopic (exact) mass is 290 g/mol. The Hall–Kier alpha value is -1.09. The molecule has 1 atom stereocenters. The number of anilines is 1. The van der Waals surface area contributed by atoms with Crippen molar-refractivity contribution in [3.63, 3.8) is 0 Å². The van der Waals surface area contributed by atoms with Crippen molar-refractivity contribution in [2.24, 2.45) is 0 Å². The number of hydrogen-bond donors (Lipinski definition) is 1. The average molecular weight is 290 g/mol. The summed E-state index contributed by atoms with van der Waals surface area (Å²) in [7, 11) is 0. The predicted molar refractivity (Wildman–Crippen MR) is 86.4 cm³/mol. The number of nitrogens with zero attached hydrogens (tertiary/aromatic N) is 1. The lowest BCUT2D eigenvalue weighted by Gasteiger charge is -2.50. The van der Waals surface area contributed by atoms with Crippen LogP contribution < -0.4 is 10.2 Å². The molecule has 1 unspecified atom stereocenters. The van der Waals surface area contributed by atoms with Crippen molar-refractivity contribution in [3.05, 3.63) is 29.6 Å². The van der Waals surface area contributed by atoms with E-state index >= 15 is 0 Å². The van der Waals surface area contributed by atoms with Gasteiger partial charge in [0.05, 0.1) is 0 Å². The minimum atomic E-state index is -0.0846. The first-order chi connectivity index (χ1) is 10.1. The number of piperazine rings is 1. The molecule has 1 aliphatic carbocycles. The van der Waals surface area contributed by atoms with Crippen LogP contribution >= 0.6 is 0 Å². The van der Waals surface area contributed by atoms with Gasteiger partial charge in [0.25, 0.3) is 0 Å². The number of aryl methyl sites for hydroxylation is 1. The predicted octanol–water partition coefficient (Wildman–Crippen LogP) is 4.03. The largest absolute Gasteiger partial charge is 0.365 e. The van der Waals surface area contributed by atoms with Crippen LogP contribution in [0.4, 0.5) is 10.1 Å². The van der Waals surface area contributed by atoms with E-state index in [1.807, 2.05) is 13.0 Å². The Labute approximate surface area is 127 Å². The lowest BCUT2D eigenvalue weighted by atomic mass is 9.79. The number of nitrogens with one attached hydrogen (secondary N) is 1. The second-order valence-corrected chi connectivity index (χ2v) is 6.85. The van der Waals surface area contributed by atoms with E-state index in [-0.39, 0.29) is 11.4 Å². The Morgan fingerprint density at radius 2 is 2.05 bits per heavy atom. The van der Waals surface area contributed by atoms with E-state index in [9.17, 15) is 4.39 Å². The molecule has 3 heteroatoms. The van der Waals surface area contributed by atoms with Crippen LogP contribution in [-0.2, 0) is 0 Å². The fraction of sp³-hybridized carbons (Fsp3) is 0.667. The van der Waals surface area contributed by atoms with E-state index in [1.54, 1.807) is 6.07 Å². The second kappa shape index (κ2) is 5.96. The van der Waals surface area contributed by atoms with Gasteiger partial charge in [-0.05, 0) is 43.9 Å². The van der Waals surface area contributed by atoms with Crippen LogP contribution in [0.15, 0.2) is 18.2 Å². The van der Waals surface area contributed by atoms with Crippen LogP contribution in [0.25, 0.3) is 0 Å². The van der Waals surface area contributed by atoms with Gasteiger partial charge in [0, 0.05) is 30.4 Å². The van der Waals surface area contributed by atoms with Gasteiger partial charge in [-0.25, -0.2) is 4.39 Å². The maximum Gasteiger partial charge on any atom is 0.128 e. The SMILES string of the molecule is CCC1CNC2(CCCCC2)CN1c1ccc(C)c(F)c1. The van der Waals surface area contributed by atoms with Gasteiger partial charge in [0.1, 0.15) is 5.82 Å². The highest BCUT2D eigenvalue weighted by atomic mass is 19.1. The Morgan fingerprint density at radius 3 is 2.71 bits per heavy atom. The van der Waals surface area contributed by atoms with E-state index in [2.05, 4.69) is 23.2 Å². The fourth-order valence-corrected chi connectivity index (χ4v) is 3.95. The van der Waals surface area contributed by atoms with Crippen molar-refractivity contribution < 1.29 is 4.39 Å². The molecule has 0 radical (unpaired) electrons. The van der Waals surface area contributed by atoms with Crippen LogP contribution in [0.5, 0.6) is 0 Å².